The highest BCUT2D eigenvalue weighted by Crippen LogP contribution is 2.06. The van der Waals surface area contributed by atoms with Gasteiger partial charge in [-0.2, -0.15) is 0 Å². The Morgan fingerprint density at radius 2 is 2.23 bits per heavy atom. The van der Waals surface area contributed by atoms with E-state index in [9.17, 15) is 4.79 Å². The first kappa shape index (κ1) is 10.0. The summed E-state index contributed by atoms with van der Waals surface area (Å²) in [5, 5.41) is 2.67. The second kappa shape index (κ2) is 5.57. The first-order valence-electron chi connectivity index (χ1n) is 4.26. The second-order valence-corrected chi connectivity index (χ2v) is 2.68. The Kier molecular flexibility index (Phi) is 4.30. The number of amides is 1. The fourth-order valence-electron chi connectivity index (χ4n) is 1.02. The van der Waals surface area contributed by atoms with Crippen LogP contribution in [0.4, 0.5) is 0 Å². The van der Waals surface area contributed by atoms with Gasteiger partial charge in [-0.05, 0) is 0 Å². The normalized spacial score (nSPS) is 16.8. The van der Waals surface area contributed by atoms with E-state index in [0.29, 0.717) is 26.2 Å². The first-order chi connectivity index (χ1) is 6.33. The third-order valence-corrected chi connectivity index (χ3v) is 1.63. The van der Waals surface area contributed by atoms with Crippen LogP contribution in [0.1, 0.15) is 12.8 Å². The summed E-state index contributed by atoms with van der Waals surface area (Å²) in [6, 6.07) is 0. The summed E-state index contributed by atoms with van der Waals surface area (Å²) in [6.45, 7) is 1.66. The molecule has 13 heavy (non-hydrogen) atoms. The Morgan fingerprint density at radius 3 is 2.85 bits per heavy atom. The molecule has 1 rings (SSSR count). The average molecular weight is 183 g/mol. The minimum Gasteiger partial charge on any atom is -0.355 e. The van der Waals surface area contributed by atoms with Crippen molar-refractivity contribution in [2.75, 3.05) is 19.8 Å². The maximum Gasteiger partial charge on any atom is 0.225 e. The van der Waals surface area contributed by atoms with Crippen molar-refractivity contribution >= 4 is 5.91 Å². The number of hydrogen-bond donors (Lipinski definition) is 1. The first-order valence-corrected chi connectivity index (χ1v) is 4.26. The van der Waals surface area contributed by atoms with E-state index in [1.165, 1.54) is 0 Å². The molecule has 0 radical (unpaired) electrons. The standard InChI is InChI=1S/C9H13NO3/c1-2-3-4-10-8(11)7-9-12-5-6-13-9/h1,9H,3-7H2,(H,10,11). The molecule has 72 valence electrons. The zero-order valence-electron chi connectivity index (χ0n) is 7.41. The molecule has 1 fully saturated rings. The molecule has 4 nitrogen and oxygen atoms in total. The lowest BCUT2D eigenvalue weighted by atomic mass is 10.3. The average Bonchev–Trinajstić information content (AvgIpc) is 2.57. The van der Waals surface area contributed by atoms with E-state index in [1.807, 2.05) is 0 Å². The SMILES string of the molecule is C#CCCNC(=O)CC1OCCO1. The van der Waals surface area contributed by atoms with Crippen molar-refractivity contribution in [3.8, 4) is 12.3 Å². The fraction of sp³-hybridized carbons (Fsp3) is 0.667. The molecular weight excluding hydrogens is 170 g/mol. The van der Waals surface area contributed by atoms with Crippen LogP contribution in [0.5, 0.6) is 0 Å². The van der Waals surface area contributed by atoms with Gasteiger partial charge in [-0.25, -0.2) is 0 Å². The summed E-state index contributed by atoms with van der Waals surface area (Å²) in [6.07, 6.45) is 5.47. The highest BCUT2D eigenvalue weighted by Gasteiger charge is 2.18. The highest BCUT2D eigenvalue weighted by atomic mass is 16.7. The minimum absolute atomic E-state index is 0.0813. The van der Waals surface area contributed by atoms with Crippen LogP contribution in [0.3, 0.4) is 0 Å². The zero-order valence-corrected chi connectivity index (χ0v) is 7.41. The lowest BCUT2D eigenvalue weighted by Crippen LogP contribution is -2.28. The smallest absolute Gasteiger partial charge is 0.225 e. The third-order valence-electron chi connectivity index (χ3n) is 1.63. The van der Waals surface area contributed by atoms with Crippen molar-refractivity contribution in [3.05, 3.63) is 0 Å². The van der Waals surface area contributed by atoms with E-state index in [-0.39, 0.29) is 18.6 Å². The van der Waals surface area contributed by atoms with E-state index in [1.54, 1.807) is 0 Å². The van der Waals surface area contributed by atoms with Crippen LogP contribution in [0, 0.1) is 12.3 Å². The van der Waals surface area contributed by atoms with Gasteiger partial charge in [0.05, 0.1) is 19.6 Å². The molecule has 0 atom stereocenters. The largest absolute Gasteiger partial charge is 0.355 e. The molecule has 4 heteroatoms. The molecule has 0 aromatic heterocycles. The van der Waals surface area contributed by atoms with Crippen molar-refractivity contribution in [2.45, 2.75) is 19.1 Å². The van der Waals surface area contributed by atoms with Gasteiger partial charge in [0.1, 0.15) is 0 Å². The summed E-state index contributed by atoms with van der Waals surface area (Å²) < 4.78 is 10.2. The van der Waals surface area contributed by atoms with Crippen molar-refractivity contribution < 1.29 is 14.3 Å². The van der Waals surface area contributed by atoms with Gasteiger partial charge in [-0.15, -0.1) is 12.3 Å². The number of ether oxygens (including phenoxy) is 2. The van der Waals surface area contributed by atoms with Crippen LogP contribution >= 0.6 is 0 Å². The number of terminal acetylenes is 1. The van der Waals surface area contributed by atoms with Crippen LogP contribution < -0.4 is 5.32 Å². The number of carbonyl (C=O) groups excluding carboxylic acids is 1. The fourth-order valence-corrected chi connectivity index (χ4v) is 1.02. The molecule has 1 saturated heterocycles. The minimum atomic E-state index is -0.370. The third kappa shape index (κ3) is 3.92. The second-order valence-electron chi connectivity index (χ2n) is 2.68. The summed E-state index contributed by atoms with van der Waals surface area (Å²) in [4.78, 5) is 11.1. The topological polar surface area (TPSA) is 47.6 Å². The number of carbonyl (C=O) groups is 1. The van der Waals surface area contributed by atoms with Gasteiger partial charge < -0.3 is 14.8 Å². The molecular formula is C9H13NO3. The quantitative estimate of drug-likeness (QED) is 0.488. The van der Waals surface area contributed by atoms with Gasteiger partial charge in [0, 0.05) is 13.0 Å². The summed E-state index contributed by atoms with van der Waals surface area (Å²) in [5.74, 6) is 2.36. The molecule has 1 N–H and O–H groups in total. The van der Waals surface area contributed by atoms with Crippen LogP contribution in [0.25, 0.3) is 0 Å². The van der Waals surface area contributed by atoms with Crippen LogP contribution in [-0.2, 0) is 14.3 Å². The van der Waals surface area contributed by atoms with Crippen LogP contribution in [-0.4, -0.2) is 32.0 Å². The Balaban J connectivity index is 2.07. The molecule has 0 aliphatic carbocycles. The van der Waals surface area contributed by atoms with Gasteiger partial charge in [-0.1, -0.05) is 0 Å². The maximum absolute atomic E-state index is 11.1. The Morgan fingerprint density at radius 1 is 1.54 bits per heavy atom. The summed E-state index contributed by atoms with van der Waals surface area (Å²) in [7, 11) is 0. The molecule has 0 spiro atoms. The number of nitrogens with one attached hydrogen (secondary N) is 1. The van der Waals surface area contributed by atoms with Crippen molar-refractivity contribution in [1.82, 2.24) is 5.32 Å². The lowest BCUT2D eigenvalue weighted by molar-refractivity contribution is -0.129. The Bertz CT molecular complexity index is 203. The summed E-state index contributed by atoms with van der Waals surface area (Å²) in [5.41, 5.74) is 0. The molecule has 1 heterocycles. The number of hydrogen-bond acceptors (Lipinski definition) is 3. The molecule has 1 aliphatic heterocycles. The predicted octanol–water partition coefficient (Wildman–Crippen LogP) is -0.111. The molecule has 1 amide bonds. The van der Waals surface area contributed by atoms with Crippen molar-refractivity contribution in [3.63, 3.8) is 0 Å². The van der Waals surface area contributed by atoms with Crippen molar-refractivity contribution in [1.29, 1.82) is 0 Å². The highest BCUT2D eigenvalue weighted by molar-refractivity contribution is 5.76. The van der Waals surface area contributed by atoms with Crippen molar-refractivity contribution in [2.24, 2.45) is 0 Å². The molecule has 0 aromatic carbocycles. The van der Waals surface area contributed by atoms with Gasteiger partial charge in [0.2, 0.25) is 5.91 Å². The van der Waals surface area contributed by atoms with E-state index in [4.69, 9.17) is 15.9 Å². The van der Waals surface area contributed by atoms with Gasteiger partial charge in [0.25, 0.3) is 0 Å². The van der Waals surface area contributed by atoms with E-state index in [0.717, 1.165) is 0 Å². The molecule has 0 aromatic rings. The molecule has 0 unspecified atom stereocenters. The predicted molar refractivity (Wildman–Crippen MR) is 46.8 cm³/mol. The molecule has 1 aliphatic rings. The van der Waals surface area contributed by atoms with Gasteiger partial charge in [-0.3, -0.25) is 4.79 Å². The van der Waals surface area contributed by atoms with Gasteiger partial charge in [0.15, 0.2) is 6.29 Å². The summed E-state index contributed by atoms with van der Waals surface area (Å²) >= 11 is 0. The molecule has 0 saturated carbocycles. The van der Waals surface area contributed by atoms with Crippen LogP contribution in [0.15, 0.2) is 0 Å². The van der Waals surface area contributed by atoms with Gasteiger partial charge >= 0.3 is 0 Å². The molecule has 0 bridgehead atoms. The zero-order chi connectivity index (χ0) is 9.52. The monoisotopic (exact) mass is 183 g/mol. The lowest BCUT2D eigenvalue weighted by Gasteiger charge is -2.08. The van der Waals surface area contributed by atoms with Crippen LogP contribution in [0.2, 0.25) is 0 Å². The Labute approximate surface area is 77.6 Å². The Hall–Kier alpha value is -1.05. The van der Waals surface area contributed by atoms with E-state index >= 15 is 0 Å². The number of rotatable bonds is 4. The van der Waals surface area contributed by atoms with E-state index < -0.39 is 0 Å². The maximum atomic E-state index is 11.1. The van der Waals surface area contributed by atoms with E-state index in [2.05, 4.69) is 11.2 Å².